The van der Waals surface area contributed by atoms with E-state index in [0.29, 0.717) is 6.42 Å². The number of aryl methyl sites for hydroxylation is 2. The van der Waals surface area contributed by atoms with Gasteiger partial charge in [-0.15, -0.1) is 10.2 Å². The fourth-order valence-electron chi connectivity index (χ4n) is 3.45. The van der Waals surface area contributed by atoms with Crippen LogP contribution < -0.4 is 5.32 Å². The minimum Gasteiger partial charge on any atom is -0.325 e. The third-order valence-electron chi connectivity index (χ3n) is 5.11. The number of benzene rings is 2. The Kier molecular flexibility index (Phi) is 5.53. The van der Waals surface area contributed by atoms with Crippen LogP contribution in [0.15, 0.2) is 59.8 Å². The van der Waals surface area contributed by atoms with Gasteiger partial charge in [0, 0.05) is 11.1 Å². The van der Waals surface area contributed by atoms with Gasteiger partial charge < -0.3 is 5.32 Å². The maximum absolute atomic E-state index is 12.9. The zero-order valence-electron chi connectivity index (χ0n) is 16.8. The molecule has 1 unspecified atom stereocenters. The van der Waals surface area contributed by atoms with E-state index in [0.717, 1.165) is 39.4 Å². The first-order valence-electron chi connectivity index (χ1n) is 9.90. The summed E-state index contributed by atoms with van der Waals surface area (Å²) < 4.78 is 2.04. The number of hydrogen-bond acceptors (Lipinski definition) is 4. The zero-order chi connectivity index (χ0) is 20.4. The molecule has 0 aliphatic rings. The van der Waals surface area contributed by atoms with E-state index in [-0.39, 0.29) is 11.2 Å². The minimum atomic E-state index is -0.256. The standard InChI is InChI=1S/C23H24N4OS/c1-4-16-10-12-17(13-11-16)24-22(28)20(5-2)29-23-26-25-21-14-15(3)18-8-6-7-9-19(18)27(21)23/h6-14,20H,4-5H2,1-3H3,(H,24,28). The highest BCUT2D eigenvalue weighted by molar-refractivity contribution is 8.00. The van der Waals surface area contributed by atoms with Gasteiger partial charge in [-0.1, -0.05) is 55.9 Å². The van der Waals surface area contributed by atoms with Gasteiger partial charge in [0.15, 0.2) is 10.8 Å². The number of amides is 1. The number of carbonyl (C=O) groups excluding carboxylic acids is 1. The predicted molar refractivity (Wildman–Crippen MR) is 120 cm³/mol. The van der Waals surface area contributed by atoms with Crippen LogP contribution >= 0.6 is 11.8 Å². The topological polar surface area (TPSA) is 59.3 Å². The second-order valence-electron chi connectivity index (χ2n) is 7.08. The van der Waals surface area contributed by atoms with Gasteiger partial charge in [0.1, 0.15) is 0 Å². The van der Waals surface area contributed by atoms with E-state index in [4.69, 9.17) is 0 Å². The van der Waals surface area contributed by atoms with Gasteiger partial charge in [-0.05, 0) is 55.2 Å². The van der Waals surface area contributed by atoms with Crippen molar-refractivity contribution in [3.8, 4) is 0 Å². The van der Waals surface area contributed by atoms with Crippen molar-refractivity contribution in [3.63, 3.8) is 0 Å². The molecule has 0 bridgehead atoms. The molecule has 0 saturated carbocycles. The van der Waals surface area contributed by atoms with Gasteiger partial charge >= 0.3 is 0 Å². The molecule has 1 atom stereocenters. The zero-order valence-corrected chi connectivity index (χ0v) is 17.7. The first-order chi connectivity index (χ1) is 14.1. The van der Waals surface area contributed by atoms with Crippen molar-refractivity contribution < 1.29 is 4.79 Å². The molecule has 0 aliphatic heterocycles. The van der Waals surface area contributed by atoms with Crippen molar-refractivity contribution in [1.29, 1.82) is 0 Å². The SMILES string of the molecule is CCc1ccc(NC(=O)C(CC)Sc2nnc3cc(C)c4ccccc4n23)cc1. The summed E-state index contributed by atoms with van der Waals surface area (Å²) in [5, 5.41) is 13.4. The molecule has 5 nitrogen and oxygen atoms in total. The van der Waals surface area contributed by atoms with Gasteiger partial charge in [0.25, 0.3) is 0 Å². The number of nitrogens with zero attached hydrogens (tertiary/aromatic N) is 3. The Bertz CT molecular complexity index is 1170. The third-order valence-corrected chi connectivity index (χ3v) is 6.42. The van der Waals surface area contributed by atoms with Gasteiger partial charge in [-0.3, -0.25) is 9.20 Å². The van der Waals surface area contributed by atoms with Gasteiger partial charge in [-0.25, -0.2) is 0 Å². The first-order valence-corrected chi connectivity index (χ1v) is 10.8. The van der Waals surface area contributed by atoms with Crippen LogP contribution in [0.5, 0.6) is 0 Å². The van der Waals surface area contributed by atoms with Crippen LogP contribution in [0.25, 0.3) is 16.6 Å². The second-order valence-corrected chi connectivity index (χ2v) is 8.25. The summed E-state index contributed by atoms with van der Waals surface area (Å²) in [6.07, 6.45) is 1.68. The van der Waals surface area contributed by atoms with Crippen molar-refractivity contribution in [2.24, 2.45) is 0 Å². The van der Waals surface area contributed by atoms with Crippen LogP contribution in [0, 0.1) is 6.92 Å². The highest BCUT2D eigenvalue weighted by Gasteiger charge is 2.22. The summed E-state index contributed by atoms with van der Waals surface area (Å²) in [6, 6.07) is 18.3. The van der Waals surface area contributed by atoms with Crippen molar-refractivity contribution in [1.82, 2.24) is 14.6 Å². The summed E-state index contributed by atoms with van der Waals surface area (Å²) in [5.41, 5.74) is 5.09. The molecule has 1 N–H and O–H groups in total. The number of pyridine rings is 1. The van der Waals surface area contributed by atoms with E-state index in [1.165, 1.54) is 17.3 Å². The summed E-state index contributed by atoms with van der Waals surface area (Å²) in [4.78, 5) is 12.9. The van der Waals surface area contributed by atoms with Gasteiger partial charge in [-0.2, -0.15) is 0 Å². The number of carbonyl (C=O) groups is 1. The van der Waals surface area contributed by atoms with E-state index in [1.54, 1.807) is 0 Å². The van der Waals surface area contributed by atoms with Crippen LogP contribution in [0.4, 0.5) is 5.69 Å². The Balaban J connectivity index is 1.62. The Morgan fingerprint density at radius 2 is 1.86 bits per heavy atom. The Morgan fingerprint density at radius 3 is 2.59 bits per heavy atom. The molecule has 4 rings (SSSR count). The number of fused-ring (bicyclic) bond motifs is 3. The van der Waals surface area contributed by atoms with Crippen molar-refractivity contribution in [2.45, 2.75) is 44.0 Å². The lowest BCUT2D eigenvalue weighted by Crippen LogP contribution is -2.24. The smallest absolute Gasteiger partial charge is 0.237 e. The second kappa shape index (κ2) is 8.25. The summed E-state index contributed by atoms with van der Waals surface area (Å²) >= 11 is 1.46. The maximum atomic E-state index is 12.9. The van der Waals surface area contributed by atoms with Crippen LogP contribution in [0.2, 0.25) is 0 Å². The molecule has 148 valence electrons. The van der Waals surface area contributed by atoms with E-state index in [2.05, 4.69) is 41.5 Å². The summed E-state index contributed by atoms with van der Waals surface area (Å²) in [7, 11) is 0. The molecule has 2 aromatic carbocycles. The quantitative estimate of drug-likeness (QED) is 0.445. The van der Waals surface area contributed by atoms with Crippen molar-refractivity contribution in [3.05, 3.63) is 65.7 Å². The molecule has 2 aromatic heterocycles. The average Bonchev–Trinajstić information content (AvgIpc) is 3.15. The van der Waals surface area contributed by atoms with Crippen molar-refractivity contribution in [2.75, 3.05) is 5.32 Å². The number of anilines is 1. The Labute approximate surface area is 174 Å². The molecule has 0 saturated heterocycles. The lowest BCUT2D eigenvalue weighted by molar-refractivity contribution is -0.115. The van der Waals surface area contributed by atoms with Crippen LogP contribution in [0.1, 0.15) is 31.4 Å². The molecule has 1 amide bonds. The normalized spacial score (nSPS) is 12.4. The maximum Gasteiger partial charge on any atom is 0.237 e. The van der Waals surface area contributed by atoms with E-state index < -0.39 is 0 Å². The largest absolute Gasteiger partial charge is 0.325 e. The molecular formula is C23H24N4OS. The lowest BCUT2D eigenvalue weighted by atomic mass is 10.1. The Hall–Kier alpha value is -2.86. The fraction of sp³-hybridized carbons (Fsp3) is 0.261. The number of aromatic nitrogens is 3. The molecule has 0 aliphatic carbocycles. The highest BCUT2D eigenvalue weighted by atomic mass is 32.2. The van der Waals surface area contributed by atoms with Gasteiger partial charge in [0.05, 0.1) is 10.8 Å². The van der Waals surface area contributed by atoms with Crippen molar-refractivity contribution >= 4 is 39.9 Å². The van der Waals surface area contributed by atoms with E-state index in [1.807, 2.05) is 53.8 Å². The molecule has 0 fully saturated rings. The molecule has 6 heteroatoms. The highest BCUT2D eigenvalue weighted by Crippen LogP contribution is 2.29. The Morgan fingerprint density at radius 1 is 1.10 bits per heavy atom. The molecule has 4 aromatic rings. The molecule has 29 heavy (non-hydrogen) atoms. The number of nitrogens with one attached hydrogen (secondary N) is 1. The predicted octanol–water partition coefficient (Wildman–Crippen LogP) is 5.26. The number of hydrogen-bond donors (Lipinski definition) is 1. The lowest BCUT2D eigenvalue weighted by Gasteiger charge is -2.14. The van der Waals surface area contributed by atoms with E-state index in [9.17, 15) is 4.79 Å². The first kappa shape index (κ1) is 19.5. The average molecular weight is 405 g/mol. The molecule has 0 radical (unpaired) electrons. The molecular weight excluding hydrogens is 380 g/mol. The molecule has 0 spiro atoms. The van der Waals surface area contributed by atoms with E-state index >= 15 is 0 Å². The minimum absolute atomic E-state index is 0.0186. The summed E-state index contributed by atoms with van der Waals surface area (Å²) in [5.74, 6) is -0.0186. The monoisotopic (exact) mass is 404 g/mol. The van der Waals surface area contributed by atoms with Crippen LogP contribution in [-0.4, -0.2) is 25.8 Å². The molecule has 2 heterocycles. The fourth-order valence-corrected chi connectivity index (χ4v) is 4.42. The number of rotatable bonds is 6. The van der Waals surface area contributed by atoms with Gasteiger partial charge in [0.2, 0.25) is 5.91 Å². The number of thioether (sulfide) groups is 1. The third kappa shape index (κ3) is 3.85. The number of para-hydroxylation sites is 1. The van der Waals surface area contributed by atoms with Crippen LogP contribution in [0.3, 0.4) is 0 Å². The summed E-state index contributed by atoms with van der Waals surface area (Å²) in [6.45, 7) is 6.21. The van der Waals surface area contributed by atoms with Crippen LogP contribution in [-0.2, 0) is 11.2 Å².